The van der Waals surface area contributed by atoms with Crippen LogP contribution in [-0.2, 0) is 14.8 Å². The zero-order valence-corrected chi connectivity index (χ0v) is 19.2. The molecule has 9 heteroatoms. The zero-order chi connectivity index (χ0) is 21.9. The molecule has 0 radical (unpaired) electrons. The minimum atomic E-state index is -3.49. The van der Waals surface area contributed by atoms with Gasteiger partial charge in [0.05, 0.1) is 22.8 Å². The van der Waals surface area contributed by atoms with E-state index in [1.54, 1.807) is 17.5 Å². The van der Waals surface area contributed by atoms with Gasteiger partial charge in [0.15, 0.2) is 0 Å². The molecule has 0 aliphatic heterocycles. The lowest BCUT2D eigenvalue weighted by Crippen LogP contribution is -2.28. The van der Waals surface area contributed by atoms with E-state index >= 15 is 0 Å². The number of carbonyl (C=O) groups excluding carboxylic acids is 1. The fraction of sp³-hybridized carbons (Fsp3) is 0.333. The number of amides is 1. The average Bonchev–Trinajstić information content (AvgIpc) is 3.34. The molecule has 2 aromatic heterocycles. The summed E-state index contributed by atoms with van der Waals surface area (Å²) in [6.45, 7) is 6.07. The summed E-state index contributed by atoms with van der Waals surface area (Å²) in [4.78, 5) is 12.5. The van der Waals surface area contributed by atoms with Gasteiger partial charge in [-0.2, -0.15) is 5.10 Å². The van der Waals surface area contributed by atoms with Crippen LogP contribution < -0.4 is 5.32 Å². The monoisotopic (exact) mass is 446 g/mol. The number of thiophene rings is 1. The minimum Gasteiger partial charge on any atom is -0.323 e. The Bertz CT molecular complexity index is 1120. The molecule has 160 valence electrons. The van der Waals surface area contributed by atoms with Crippen LogP contribution >= 0.6 is 11.3 Å². The normalized spacial score (nSPS) is 11.8. The number of rotatable bonds is 8. The second-order valence-electron chi connectivity index (χ2n) is 7.20. The number of aryl methyl sites for hydroxylation is 2. The molecule has 7 nitrogen and oxygen atoms in total. The Morgan fingerprint density at radius 3 is 2.50 bits per heavy atom. The number of hydrogen-bond donors (Lipinski definition) is 1. The molecule has 1 N–H and O–H groups in total. The van der Waals surface area contributed by atoms with Gasteiger partial charge in [-0.25, -0.2) is 17.4 Å². The first-order valence-electron chi connectivity index (χ1n) is 9.63. The number of benzene rings is 1. The molecule has 0 atom stereocenters. The lowest BCUT2D eigenvalue weighted by molar-refractivity contribution is -0.116. The summed E-state index contributed by atoms with van der Waals surface area (Å²) in [6.07, 6.45) is 0.649. The summed E-state index contributed by atoms with van der Waals surface area (Å²) >= 11 is 1.19. The summed E-state index contributed by atoms with van der Waals surface area (Å²) in [7, 11) is -1.95. The van der Waals surface area contributed by atoms with Crippen LogP contribution in [0.3, 0.4) is 0 Å². The predicted octanol–water partition coefficient (Wildman–Crippen LogP) is 3.90. The summed E-state index contributed by atoms with van der Waals surface area (Å²) < 4.78 is 28.3. The number of nitrogens with zero attached hydrogens (tertiary/aromatic N) is 3. The number of nitrogens with one attached hydrogen (secondary N) is 1. The first-order valence-corrected chi connectivity index (χ1v) is 11.9. The lowest BCUT2D eigenvalue weighted by atomic mass is 10.2. The van der Waals surface area contributed by atoms with E-state index < -0.39 is 10.0 Å². The molecule has 1 amide bonds. The third-order valence-electron chi connectivity index (χ3n) is 4.87. The fourth-order valence-electron chi connectivity index (χ4n) is 3.11. The third-order valence-corrected chi connectivity index (χ3v) is 8.10. The van der Waals surface area contributed by atoms with Crippen LogP contribution in [0, 0.1) is 20.8 Å². The van der Waals surface area contributed by atoms with Gasteiger partial charge in [-0.05, 0) is 50.8 Å². The lowest BCUT2D eigenvalue weighted by Gasteiger charge is -2.15. The SMILES string of the molecule is Cc1ccc(-n2nc(C)c(NC(=O)CCCN(C)S(=O)(=O)c3cccs3)c2C)cc1. The van der Waals surface area contributed by atoms with Gasteiger partial charge in [0.2, 0.25) is 5.91 Å². The topological polar surface area (TPSA) is 84.3 Å². The van der Waals surface area contributed by atoms with Crippen LogP contribution in [0.1, 0.15) is 29.8 Å². The van der Waals surface area contributed by atoms with E-state index in [-0.39, 0.29) is 18.9 Å². The molecular formula is C21H26N4O3S2. The summed E-state index contributed by atoms with van der Waals surface area (Å²) in [5.41, 5.74) is 4.38. The van der Waals surface area contributed by atoms with E-state index in [0.717, 1.165) is 17.1 Å². The molecule has 0 saturated heterocycles. The molecule has 0 saturated carbocycles. The molecule has 2 heterocycles. The van der Waals surface area contributed by atoms with Gasteiger partial charge in [-0.3, -0.25) is 4.79 Å². The highest BCUT2D eigenvalue weighted by molar-refractivity contribution is 7.91. The molecular weight excluding hydrogens is 420 g/mol. The maximum absolute atomic E-state index is 12.5. The van der Waals surface area contributed by atoms with Crippen molar-refractivity contribution in [2.75, 3.05) is 18.9 Å². The standard InChI is InChI=1S/C21H26N4O3S2/c1-15-9-11-18(12-10-15)25-17(3)21(16(2)23-25)22-19(26)7-5-13-24(4)30(27,28)20-8-6-14-29-20/h6,8-12,14H,5,7,13H2,1-4H3,(H,22,26). The largest absolute Gasteiger partial charge is 0.323 e. The average molecular weight is 447 g/mol. The Balaban J connectivity index is 1.60. The summed E-state index contributed by atoms with van der Waals surface area (Å²) in [5.74, 6) is -0.161. The van der Waals surface area contributed by atoms with Crippen molar-refractivity contribution < 1.29 is 13.2 Å². The number of aromatic nitrogens is 2. The van der Waals surface area contributed by atoms with E-state index in [4.69, 9.17) is 0 Å². The molecule has 0 unspecified atom stereocenters. The van der Waals surface area contributed by atoms with Gasteiger partial charge >= 0.3 is 0 Å². The van der Waals surface area contributed by atoms with E-state index in [2.05, 4.69) is 10.4 Å². The van der Waals surface area contributed by atoms with Crippen molar-refractivity contribution in [2.45, 2.75) is 37.8 Å². The van der Waals surface area contributed by atoms with Gasteiger partial charge in [0, 0.05) is 20.0 Å². The van der Waals surface area contributed by atoms with E-state index in [9.17, 15) is 13.2 Å². The van der Waals surface area contributed by atoms with Crippen molar-refractivity contribution >= 4 is 33.0 Å². The van der Waals surface area contributed by atoms with Crippen LogP contribution in [-0.4, -0.2) is 42.0 Å². The van der Waals surface area contributed by atoms with E-state index in [1.165, 1.54) is 28.3 Å². The van der Waals surface area contributed by atoms with Crippen molar-refractivity contribution in [2.24, 2.45) is 0 Å². The minimum absolute atomic E-state index is 0.161. The molecule has 0 aliphatic rings. The second kappa shape index (κ2) is 9.11. The van der Waals surface area contributed by atoms with Gasteiger partial charge in [-0.1, -0.05) is 23.8 Å². The highest BCUT2D eigenvalue weighted by Crippen LogP contribution is 2.24. The second-order valence-corrected chi connectivity index (χ2v) is 10.4. The number of anilines is 1. The molecule has 1 aromatic carbocycles. The highest BCUT2D eigenvalue weighted by Gasteiger charge is 2.22. The van der Waals surface area contributed by atoms with Crippen molar-refractivity contribution in [3.63, 3.8) is 0 Å². The van der Waals surface area contributed by atoms with Crippen LogP contribution in [0.5, 0.6) is 0 Å². The Labute approximate surface area is 181 Å². The number of sulfonamides is 1. The molecule has 30 heavy (non-hydrogen) atoms. The first kappa shape index (κ1) is 22.2. The van der Waals surface area contributed by atoms with Crippen molar-refractivity contribution in [3.8, 4) is 5.69 Å². The first-order chi connectivity index (χ1) is 14.2. The van der Waals surface area contributed by atoms with Gasteiger partial charge in [0.25, 0.3) is 10.0 Å². The smallest absolute Gasteiger partial charge is 0.252 e. The van der Waals surface area contributed by atoms with Gasteiger partial charge in [-0.15, -0.1) is 11.3 Å². The molecule has 3 aromatic rings. The third kappa shape index (κ3) is 4.80. The highest BCUT2D eigenvalue weighted by atomic mass is 32.2. The molecule has 0 aliphatic carbocycles. The predicted molar refractivity (Wildman–Crippen MR) is 120 cm³/mol. The Morgan fingerprint density at radius 1 is 1.17 bits per heavy atom. The number of carbonyl (C=O) groups is 1. The summed E-state index contributed by atoms with van der Waals surface area (Å²) in [6, 6.07) is 11.3. The van der Waals surface area contributed by atoms with Crippen molar-refractivity contribution in [3.05, 3.63) is 58.7 Å². The Morgan fingerprint density at radius 2 is 1.87 bits per heavy atom. The molecule has 0 spiro atoms. The Kier molecular flexibility index (Phi) is 6.74. The van der Waals surface area contributed by atoms with Crippen molar-refractivity contribution in [1.29, 1.82) is 0 Å². The van der Waals surface area contributed by atoms with Crippen molar-refractivity contribution in [1.82, 2.24) is 14.1 Å². The van der Waals surface area contributed by atoms with Crippen LogP contribution in [0.15, 0.2) is 46.0 Å². The molecule has 0 bridgehead atoms. The fourth-order valence-corrected chi connectivity index (χ4v) is 5.52. The summed E-state index contributed by atoms with van der Waals surface area (Å²) in [5, 5.41) is 9.21. The molecule has 3 rings (SSSR count). The number of hydrogen-bond acceptors (Lipinski definition) is 5. The van der Waals surface area contributed by atoms with Crippen LogP contribution in [0.4, 0.5) is 5.69 Å². The van der Waals surface area contributed by atoms with Crippen LogP contribution in [0.25, 0.3) is 5.69 Å². The van der Waals surface area contributed by atoms with E-state index in [0.29, 0.717) is 16.3 Å². The maximum atomic E-state index is 12.5. The Hall–Kier alpha value is -2.49. The maximum Gasteiger partial charge on any atom is 0.252 e. The molecule has 0 fully saturated rings. The van der Waals surface area contributed by atoms with E-state index in [1.807, 2.05) is 49.7 Å². The quantitative estimate of drug-likeness (QED) is 0.569. The van der Waals surface area contributed by atoms with Crippen LogP contribution in [0.2, 0.25) is 0 Å². The zero-order valence-electron chi connectivity index (χ0n) is 17.5. The van der Waals surface area contributed by atoms with Gasteiger partial charge < -0.3 is 5.32 Å². The van der Waals surface area contributed by atoms with Gasteiger partial charge in [0.1, 0.15) is 4.21 Å².